The summed E-state index contributed by atoms with van der Waals surface area (Å²) in [4.78, 5) is 34.3. The van der Waals surface area contributed by atoms with Crippen molar-refractivity contribution in [1.82, 2.24) is 10.5 Å². The molecule has 6 N–H and O–H groups in total. The Morgan fingerprint density at radius 1 is 1.29 bits per heavy atom. The van der Waals surface area contributed by atoms with E-state index in [0.29, 0.717) is 0 Å². The van der Waals surface area contributed by atoms with Gasteiger partial charge in [0.2, 0.25) is 13.9 Å². The lowest BCUT2D eigenvalue weighted by Gasteiger charge is -2.34. The molecule has 11 heteroatoms. The first-order chi connectivity index (χ1) is 11.2. The molecule has 136 valence electrons. The SMILES string of the molecule is BNC(=O)O[C@H]1[C@@H]([C@H](NC(C)=O)[C@@H](O)[C@@H](O)CO)CC[C@@H]1C(=O)O. The van der Waals surface area contributed by atoms with Crippen LogP contribution < -0.4 is 10.5 Å². The average molecular weight is 346 g/mol. The smallest absolute Gasteiger partial charge is 0.394 e. The number of carboxylic acids is 1. The highest BCUT2D eigenvalue weighted by Crippen LogP contribution is 2.37. The van der Waals surface area contributed by atoms with Gasteiger partial charge in [-0.15, -0.1) is 0 Å². The van der Waals surface area contributed by atoms with Crippen molar-refractivity contribution in [2.24, 2.45) is 11.8 Å². The number of hydrogen-bond acceptors (Lipinski definition) is 7. The van der Waals surface area contributed by atoms with Crippen LogP contribution in [0.3, 0.4) is 0 Å². The Bertz CT molecular complexity index is 477. The quantitative estimate of drug-likeness (QED) is 0.265. The van der Waals surface area contributed by atoms with Gasteiger partial charge in [-0.3, -0.25) is 9.59 Å². The Hall–Kier alpha value is -1.85. The van der Waals surface area contributed by atoms with Crippen LogP contribution in [0, 0.1) is 11.8 Å². The summed E-state index contributed by atoms with van der Waals surface area (Å²) in [6.07, 6.45) is -4.59. The summed E-state index contributed by atoms with van der Waals surface area (Å²) < 4.78 is 5.14. The maximum atomic E-state index is 11.5. The summed E-state index contributed by atoms with van der Waals surface area (Å²) in [6, 6.07) is -1.08. The van der Waals surface area contributed by atoms with Gasteiger partial charge < -0.3 is 35.7 Å². The van der Waals surface area contributed by atoms with Crippen LogP contribution in [-0.2, 0) is 14.3 Å². The van der Waals surface area contributed by atoms with Crippen molar-refractivity contribution in [3.05, 3.63) is 0 Å². The highest BCUT2D eigenvalue weighted by atomic mass is 16.6. The number of aliphatic carboxylic acids is 1. The average Bonchev–Trinajstić information content (AvgIpc) is 2.94. The molecule has 0 bridgehead atoms. The van der Waals surface area contributed by atoms with Crippen LogP contribution in [0.25, 0.3) is 0 Å². The molecule has 0 aromatic carbocycles. The molecule has 0 spiro atoms. The minimum Gasteiger partial charge on any atom is -0.481 e. The van der Waals surface area contributed by atoms with Gasteiger partial charge in [-0.25, -0.2) is 4.79 Å². The lowest BCUT2D eigenvalue weighted by Crippen LogP contribution is -2.55. The van der Waals surface area contributed by atoms with Gasteiger partial charge in [0.15, 0.2) is 0 Å². The topological polar surface area (TPSA) is 165 Å². The van der Waals surface area contributed by atoms with E-state index in [2.05, 4.69) is 10.5 Å². The van der Waals surface area contributed by atoms with Crippen LogP contribution >= 0.6 is 0 Å². The molecule has 0 aromatic heterocycles. The fourth-order valence-electron chi connectivity index (χ4n) is 3.03. The van der Waals surface area contributed by atoms with Crippen LogP contribution in [0.5, 0.6) is 0 Å². The molecule has 0 aromatic rings. The molecule has 2 amide bonds. The normalized spacial score (nSPS) is 26.9. The zero-order valence-corrected chi connectivity index (χ0v) is 13.5. The monoisotopic (exact) mass is 346 g/mol. The first-order valence-electron chi connectivity index (χ1n) is 7.58. The Morgan fingerprint density at radius 3 is 2.38 bits per heavy atom. The second-order valence-corrected chi connectivity index (χ2v) is 5.77. The van der Waals surface area contributed by atoms with E-state index in [1.165, 1.54) is 14.9 Å². The predicted molar refractivity (Wildman–Crippen MR) is 82.5 cm³/mol. The third-order valence-electron chi connectivity index (χ3n) is 4.17. The largest absolute Gasteiger partial charge is 0.481 e. The second kappa shape index (κ2) is 8.85. The molecule has 0 aliphatic heterocycles. The highest BCUT2D eigenvalue weighted by molar-refractivity contribution is 6.12. The van der Waals surface area contributed by atoms with Crippen molar-refractivity contribution in [2.75, 3.05) is 6.61 Å². The molecule has 0 saturated heterocycles. The standard InChI is InChI=1S/C13H23BN2O8/c1-5(18)15-9(10(20)8(19)4-17)6-2-3-7(12(21)22)11(6)24-13(23)16-14/h6-11,17,19-20H,2-4,14H2,1H3,(H,15,18)(H,16,23)(H,21,22)/t6-,7+,8+,9+,10+,11+/m1/s1. The minimum absolute atomic E-state index is 0.180. The van der Waals surface area contributed by atoms with Crippen LogP contribution in [0.4, 0.5) is 4.79 Å². The molecule has 0 radical (unpaired) electrons. The second-order valence-electron chi connectivity index (χ2n) is 5.77. The maximum absolute atomic E-state index is 11.5. The highest BCUT2D eigenvalue weighted by Gasteiger charge is 2.49. The zero-order chi connectivity index (χ0) is 18.4. The Morgan fingerprint density at radius 2 is 1.92 bits per heavy atom. The van der Waals surface area contributed by atoms with E-state index in [1.807, 2.05) is 0 Å². The van der Waals surface area contributed by atoms with Gasteiger partial charge in [0, 0.05) is 12.8 Å². The molecule has 1 aliphatic rings. The summed E-state index contributed by atoms with van der Waals surface area (Å²) in [5.74, 6) is -3.41. The van der Waals surface area contributed by atoms with Gasteiger partial charge >= 0.3 is 12.1 Å². The summed E-state index contributed by atoms with van der Waals surface area (Å²) in [5.41, 5.74) is 0. The van der Waals surface area contributed by atoms with Crippen molar-refractivity contribution < 1.29 is 39.5 Å². The molecule has 1 aliphatic carbocycles. The number of carboxylic acid groups (broad SMARTS) is 1. The van der Waals surface area contributed by atoms with Crippen molar-refractivity contribution in [1.29, 1.82) is 0 Å². The van der Waals surface area contributed by atoms with E-state index >= 15 is 0 Å². The number of hydrogen-bond donors (Lipinski definition) is 6. The van der Waals surface area contributed by atoms with Crippen LogP contribution in [-0.4, -0.2) is 77.3 Å². The Kier molecular flexibility index (Phi) is 7.45. The van der Waals surface area contributed by atoms with Gasteiger partial charge in [0.25, 0.3) is 0 Å². The maximum Gasteiger partial charge on any atom is 0.394 e. The minimum atomic E-state index is -1.55. The number of carbonyl (C=O) groups excluding carboxylic acids is 2. The molecule has 24 heavy (non-hydrogen) atoms. The molecule has 10 nitrogen and oxygen atoms in total. The van der Waals surface area contributed by atoms with Crippen LogP contribution in [0.1, 0.15) is 19.8 Å². The lowest BCUT2D eigenvalue weighted by molar-refractivity contribution is -0.145. The molecular formula is C13H23BN2O8. The third kappa shape index (κ3) is 4.82. The summed E-state index contributed by atoms with van der Waals surface area (Å²) in [5, 5.41) is 42.8. The molecule has 0 heterocycles. The number of ether oxygens (including phenoxy) is 1. The molecule has 6 atom stereocenters. The van der Waals surface area contributed by atoms with Gasteiger partial charge in [-0.2, -0.15) is 0 Å². The van der Waals surface area contributed by atoms with E-state index < -0.39 is 60.8 Å². The first kappa shape index (κ1) is 20.2. The van der Waals surface area contributed by atoms with Gasteiger partial charge in [-0.1, -0.05) is 0 Å². The Labute approximate surface area is 139 Å². The van der Waals surface area contributed by atoms with Crippen LogP contribution in [0.15, 0.2) is 0 Å². The number of aliphatic hydroxyl groups is 3. The summed E-state index contributed by atoms with van der Waals surface area (Å²) in [7, 11) is 1.32. The van der Waals surface area contributed by atoms with Gasteiger partial charge in [0.05, 0.1) is 18.6 Å². The molecule has 0 unspecified atom stereocenters. The van der Waals surface area contributed by atoms with Crippen molar-refractivity contribution >= 4 is 26.0 Å². The van der Waals surface area contributed by atoms with Gasteiger partial charge in [-0.05, 0) is 12.8 Å². The number of amides is 2. The fraction of sp³-hybridized carbons (Fsp3) is 0.769. The summed E-state index contributed by atoms with van der Waals surface area (Å²) >= 11 is 0. The zero-order valence-electron chi connectivity index (χ0n) is 13.5. The fourth-order valence-corrected chi connectivity index (χ4v) is 3.03. The van der Waals surface area contributed by atoms with E-state index in [-0.39, 0.29) is 12.8 Å². The third-order valence-corrected chi connectivity index (χ3v) is 4.17. The van der Waals surface area contributed by atoms with E-state index in [0.717, 1.165) is 0 Å². The van der Waals surface area contributed by atoms with Crippen LogP contribution in [0.2, 0.25) is 0 Å². The molecular weight excluding hydrogens is 323 g/mol. The lowest BCUT2D eigenvalue weighted by atomic mass is 9.87. The van der Waals surface area contributed by atoms with E-state index in [9.17, 15) is 29.7 Å². The van der Waals surface area contributed by atoms with Crippen molar-refractivity contribution in [2.45, 2.75) is 44.1 Å². The number of rotatable bonds is 7. The first-order valence-corrected chi connectivity index (χ1v) is 7.58. The number of nitrogens with one attached hydrogen (secondary N) is 2. The number of aliphatic hydroxyl groups excluding tert-OH is 3. The van der Waals surface area contributed by atoms with Crippen molar-refractivity contribution in [3.63, 3.8) is 0 Å². The van der Waals surface area contributed by atoms with E-state index in [1.54, 1.807) is 0 Å². The van der Waals surface area contributed by atoms with Gasteiger partial charge in [0.1, 0.15) is 18.3 Å². The molecule has 1 saturated carbocycles. The predicted octanol–water partition coefficient (Wildman–Crippen LogP) is -3.04. The molecule has 1 rings (SSSR count). The molecule has 1 fully saturated rings. The van der Waals surface area contributed by atoms with Crippen molar-refractivity contribution in [3.8, 4) is 0 Å². The Balaban J connectivity index is 3.10. The van der Waals surface area contributed by atoms with E-state index in [4.69, 9.17) is 9.84 Å². The number of carbonyl (C=O) groups is 3. The summed E-state index contributed by atoms with van der Waals surface area (Å²) in [6.45, 7) is 0.455.